The van der Waals surface area contributed by atoms with Gasteiger partial charge in [-0.15, -0.1) is 0 Å². The van der Waals surface area contributed by atoms with Crippen molar-refractivity contribution in [2.45, 2.75) is 13.0 Å². The second kappa shape index (κ2) is 9.44. The number of ether oxygens (including phenoxy) is 2. The Morgan fingerprint density at radius 1 is 1.19 bits per heavy atom. The van der Waals surface area contributed by atoms with Crippen LogP contribution in [0.4, 0.5) is 0 Å². The first-order valence-electron chi connectivity index (χ1n) is 7.62. The number of nitriles is 1. The van der Waals surface area contributed by atoms with Crippen LogP contribution >= 0.6 is 15.9 Å². The van der Waals surface area contributed by atoms with Crippen LogP contribution in [0, 0.1) is 11.3 Å². The largest absolute Gasteiger partial charge is 0.482 e. The van der Waals surface area contributed by atoms with E-state index in [1.807, 2.05) is 12.1 Å². The summed E-state index contributed by atoms with van der Waals surface area (Å²) in [4.78, 5) is 23.7. The molecule has 0 radical (unpaired) electrons. The third-order valence-corrected chi connectivity index (χ3v) is 3.66. The molecule has 1 atom stereocenters. The van der Waals surface area contributed by atoms with E-state index < -0.39 is 17.9 Å². The summed E-state index contributed by atoms with van der Waals surface area (Å²) in [6, 6.07) is 15.6. The van der Waals surface area contributed by atoms with Crippen LogP contribution in [0.2, 0.25) is 0 Å². The Kier molecular flexibility index (Phi) is 7.00. The SMILES string of the molecule is C[C@@H](Oc1cccc(Br)c1)C(=O)NNC(=O)COc1ccccc1C#N. The normalized spacial score (nSPS) is 11.0. The molecule has 2 aromatic carbocycles. The topological polar surface area (TPSA) is 100 Å². The fraction of sp³-hybridized carbons (Fsp3) is 0.167. The van der Waals surface area contributed by atoms with Crippen LogP contribution < -0.4 is 20.3 Å². The number of benzene rings is 2. The van der Waals surface area contributed by atoms with Crippen molar-refractivity contribution in [1.29, 1.82) is 5.26 Å². The maximum Gasteiger partial charge on any atom is 0.279 e. The third-order valence-electron chi connectivity index (χ3n) is 3.17. The highest BCUT2D eigenvalue weighted by molar-refractivity contribution is 9.10. The van der Waals surface area contributed by atoms with E-state index in [1.54, 1.807) is 49.4 Å². The van der Waals surface area contributed by atoms with E-state index in [0.717, 1.165) is 4.47 Å². The molecule has 0 fully saturated rings. The molecular formula is C18H16BrN3O4. The molecule has 0 saturated heterocycles. The first-order valence-corrected chi connectivity index (χ1v) is 8.41. The summed E-state index contributed by atoms with van der Waals surface area (Å²) in [6.07, 6.45) is -0.815. The van der Waals surface area contributed by atoms with Gasteiger partial charge in [-0.2, -0.15) is 5.26 Å². The monoisotopic (exact) mass is 417 g/mol. The molecule has 2 N–H and O–H groups in total. The van der Waals surface area contributed by atoms with E-state index in [4.69, 9.17) is 14.7 Å². The minimum absolute atomic E-state index is 0.294. The van der Waals surface area contributed by atoms with Crippen LogP contribution in [0.3, 0.4) is 0 Å². The quantitative estimate of drug-likeness (QED) is 0.702. The average Bonchev–Trinajstić information content (AvgIpc) is 2.64. The van der Waals surface area contributed by atoms with E-state index in [0.29, 0.717) is 17.1 Å². The van der Waals surface area contributed by atoms with Gasteiger partial charge in [-0.25, -0.2) is 0 Å². The summed E-state index contributed by atoms with van der Waals surface area (Å²) < 4.78 is 11.6. The third kappa shape index (κ3) is 5.79. The minimum atomic E-state index is -0.815. The van der Waals surface area contributed by atoms with Crippen molar-refractivity contribution in [3.63, 3.8) is 0 Å². The number of halogens is 1. The van der Waals surface area contributed by atoms with Crippen molar-refractivity contribution in [3.05, 3.63) is 58.6 Å². The summed E-state index contributed by atoms with van der Waals surface area (Å²) >= 11 is 3.31. The predicted octanol–water partition coefficient (Wildman–Crippen LogP) is 2.31. The van der Waals surface area contributed by atoms with Crippen LogP contribution in [0.1, 0.15) is 12.5 Å². The number of hydrogen-bond acceptors (Lipinski definition) is 5. The van der Waals surface area contributed by atoms with Gasteiger partial charge >= 0.3 is 0 Å². The summed E-state index contributed by atoms with van der Waals surface area (Å²) in [5, 5.41) is 8.95. The molecule has 2 rings (SSSR count). The molecule has 26 heavy (non-hydrogen) atoms. The Labute approximate surface area is 159 Å². The molecule has 0 bridgehead atoms. The Balaban J connectivity index is 1.77. The number of carbonyl (C=O) groups excluding carboxylic acids is 2. The molecule has 0 aliphatic rings. The molecular weight excluding hydrogens is 402 g/mol. The zero-order chi connectivity index (χ0) is 18.9. The van der Waals surface area contributed by atoms with Crippen molar-refractivity contribution in [2.24, 2.45) is 0 Å². The Morgan fingerprint density at radius 3 is 2.69 bits per heavy atom. The zero-order valence-electron chi connectivity index (χ0n) is 13.9. The predicted molar refractivity (Wildman–Crippen MR) is 97.2 cm³/mol. The molecule has 0 unspecified atom stereocenters. The molecule has 0 aromatic heterocycles. The Bertz CT molecular complexity index is 835. The number of amides is 2. The molecule has 134 valence electrons. The summed E-state index contributed by atoms with van der Waals surface area (Å²) in [5.74, 6) is -0.274. The number of rotatable bonds is 6. The molecule has 0 heterocycles. The van der Waals surface area contributed by atoms with Crippen LogP contribution in [0.15, 0.2) is 53.0 Å². The van der Waals surface area contributed by atoms with Crippen LogP contribution in [-0.2, 0) is 9.59 Å². The molecule has 0 spiro atoms. The van der Waals surface area contributed by atoms with Gasteiger partial charge in [0, 0.05) is 4.47 Å². The van der Waals surface area contributed by atoms with Crippen LogP contribution in [0.25, 0.3) is 0 Å². The highest BCUT2D eigenvalue weighted by atomic mass is 79.9. The van der Waals surface area contributed by atoms with Crippen molar-refractivity contribution < 1.29 is 19.1 Å². The van der Waals surface area contributed by atoms with Gasteiger partial charge in [0.05, 0.1) is 5.56 Å². The molecule has 0 aliphatic heterocycles. The van der Waals surface area contributed by atoms with Crippen molar-refractivity contribution in [2.75, 3.05) is 6.61 Å². The fourth-order valence-corrected chi connectivity index (χ4v) is 2.27. The summed E-state index contributed by atoms with van der Waals surface area (Å²) in [6.45, 7) is 1.21. The lowest BCUT2D eigenvalue weighted by Crippen LogP contribution is -2.48. The van der Waals surface area contributed by atoms with Crippen LogP contribution in [0.5, 0.6) is 11.5 Å². The van der Waals surface area contributed by atoms with Gasteiger partial charge < -0.3 is 9.47 Å². The number of nitrogens with zero attached hydrogens (tertiary/aromatic N) is 1. The van der Waals surface area contributed by atoms with Gasteiger partial charge in [0.1, 0.15) is 17.6 Å². The molecule has 0 saturated carbocycles. The molecule has 0 aliphatic carbocycles. The van der Waals surface area contributed by atoms with Gasteiger partial charge in [0.15, 0.2) is 12.7 Å². The smallest absolute Gasteiger partial charge is 0.279 e. The minimum Gasteiger partial charge on any atom is -0.482 e. The van der Waals surface area contributed by atoms with Crippen LogP contribution in [-0.4, -0.2) is 24.5 Å². The molecule has 2 aromatic rings. The van der Waals surface area contributed by atoms with Gasteiger partial charge in [-0.1, -0.05) is 34.1 Å². The lowest BCUT2D eigenvalue weighted by molar-refractivity contribution is -0.133. The van der Waals surface area contributed by atoms with Gasteiger partial charge in [-0.05, 0) is 37.3 Å². The average molecular weight is 418 g/mol. The highest BCUT2D eigenvalue weighted by Crippen LogP contribution is 2.19. The number of carbonyl (C=O) groups is 2. The maximum absolute atomic E-state index is 12.0. The number of hydrogen-bond donors (Lipinski definition) is 2. The maximum atomic E-state index is 12.0. The van der Waals surface area contributed by atoms with E-state index >= 15 is 0 Å². The van der Waals surface area contributed by atoms with Crippen molar-refractivity contribution in [3.8, 4) is 17.6 Å². The van der Waals surface area contributed by atoms with E-state index in [9.17, 15) is 9.59 Å². The lowest BCUT2D eigenvalue weighted by atomic mass is 10.2. The second-order valence-electron chi connectivity index (χ2n) is 5.15. The standard InChI is InChI=1S/C18H16BrN3O4/c1-12(26-15-7-4-6-14(19)9-15)18(24)22-21-17(23)11-25-16-8-3-2-5-13(16)10-20/h2-9,12H,11H2,1H3,(H,21,23)(H,22,24)/t12-/m1/s1. The molecule has 2 amide bonds. The Morgan fingerprint density at radius 2 is 1.96 bits per heavy atom. The number of para-hydroxylation sites is 1. The van der Waals surface area contributed by atoms with Gasteiger partial charge in [0.25, 0.3) is 11.8 Å². The van der Waals surface area contributed by atoms with Crippen molar-refractivity contribution >= 4 is 27.7 Å². The lowest BCUT2D eigenvalue weighted by Gasteiger charge is -2.15. The molecule has 7 nitrogen and oxygen atoms in total. The number of nitrogens with one attached hydrogen (secondary N) is 2. The van der Waals surface area contributed by atoms with Crippen molar-refractivity contribution in [1.82, 2.24) is 10.9 Å². The van der Waals surface area contributed by atoms with Gasteiger partial charge in [-0.3, -0.25) is 20.4 Å². The zero-order valence-corrected chi connectivity index (χ0v) is 15.4. The highest BCUT2D eigenvalue weighted by Gasteiger charge is 2.16. The number of hydrazine groups is 1. The van der Waals surface area contributed by atoms with E-state index in [2.05, 4.69) is 26.8 Å². The van der Waals surface area contributed by atoms with Gasteiger partial charge in [0.2, 0.25) is 0 Å². The van der Waals surface area contributed by atoms with E-state index in [1.165, 1.54) is 0 Å². The molecule has 8 heteroatoms. The second-order valence-corrected chi connectivity index (χ2v) is 6.07. The summed E-state index contributed by atoms with van der Waals surface area (Å²) in [5.41, 5.74) is 4.81. The summed E-state index contributed by atoms with van der Waals surface area (Å²) in [7, 11) is 0. The Hall–Kier alpha value is -3.05. The first-order chi connectivity index (χ1) is 12.5. The fourth-order valence-electron chi connectivity index (χ4n) is 1.90. The van der Waals surface area contributed by atoms with E-state index in [-0.39, 0.29) is 6.61 Å². The first kappa shape index (κ1) is 19.3.